The molecule has 4 atom stereocenters. The van der Waals surface area contributed by atoms with Crippen LogP contribution in [0.2, 0.25) is 10.0 Å². The van der Waals surface area contributed by atoms with Crippen LogP contribution in [-0.4, -0.2) is 207 Å². The molecule has 7 heterocycles. The van der Waals surface area contributed by atoms with Crippen molar-refractivity contribution in [1.82, 2.24) is 18.9 Å². The number of anilines is 6. The lowest BCUT2D eigenvalue weighted by molar-refractivity contribution is -0.385. The first kappa shape index (κ1) is 110. The Labute approximate surface area is 879 Å². The van der Waals surface area contributed by atoms with E-state index in [-0.39, 0.29) is 95.2 Å². The summed E-state index contributed by atoms with van der Waals surface area (Å²) >= 11 is 15.8. The molecular weight excluding hydrogens is 2060 g/mol. The first-order chi connectivity index (χ1) is 70.6. The molecule has 784 valence electrons. The maximum absolute atomic E-state index is 15.7. The van der Waals surface area contributed by atoms with Crippen LogP contribution in [0.3, 0.4) is 0 Å². The van der Waals surface area contributed by atoms with Crippen molar-refractivity contribution in [3.63, 3.8) is 0 Å². The van der Waals surface area contributed by atoms with Crippen molar-refractivity contribution in [1.29, 1.82) is 0 Å². The molecule has 0 spiro atoms. The van der Waals surface area contributed by atoms with Gasteiger partial charge in [-0.1, -0.05) is 108 Å². The molecule has 0 bridgehead atoms. The Balaban J connectivity index is 0.000000214. The van der Waals surface area contributed by atoms with Gasteiger partial charge in [0.05, 0.1) is 75.9 Å². The van der Waals surface area contributed by atoms with Crippen molar-refractivity contribution in [3.05, 3.63) is 296 Å². The number of piperidine rings is 1. The molecule has 17 rings (SSSR count). The third kappa shape index (κ3) is 25.3. The van der Waals surface area contributed by atoms with Gasteiger partial charge >= 0.3 is 40.3 Å². The second-order valence-corrected chi connectivity index (χ2v) is 49.6. The van der Waals surface area contributed by atoms with E-state index in [1.807, 2.05) is 193 Å². The van der Waals surface area contributed by atoms with Gasteiger partial charge in [0.2, 0.25) is 0 Å². The minimum atomic E-state index is -5.93. The smallest absolute Gasteiger partial charge is 0.478 e. The number of phosphoric acid groups is 1. The lowest BCUT2D eigenvalue weighted by Gasteiger charge is -2.37. The van der Waals surface area contributed by atoms with Gasteiger partial charge in [0.15, 0.2) is 0 Å². The summed E-state index contributed by atoms with van der Waals surface area (Å²) in [7, 11) is -14.3. The first-order valence-electron chi connectivity index (χ1n) is 49.4. The molecule has 0 radical (unpaired) electrons. The number of phosphoric ester groups is 1. The number of aromatic carboxylic acids is 2. The number of benzene rings is 10. The van der Waals surface area contributed by atoms with Gasteiger partial charge in [-0.3, -0.25) is 33.1 Å². The van der Waals surface area contributed by atoms with Gasteiger partial charge < -0.3 is 67.6 Å². The normalized spacial score (nSPS) is 17.6. The van der Waals surface area contributed by atoms with E-state index < -0.39 is 60.9 Å². The average molecular weight is 2180 g/mol. The van der Waals surface area contributed by atoms with Crippen LogP contribution >= 0.6 is 69.6 Å². The Morgan fingerprint density at radius 1 is 0.534 bits per heavy atom. The van der Waals surface area contributed by atoms with Gasteiger partial charge in [0, 0.05) is 164 Å². The molecule has 2 aromatic heterocycles. The highest BCUT2D eigenvalue weighted by Crippen LogP contribution is 2.59. The SMILES string of the molecule is Cc1c(C(=O)O)c(-c2cc(F)cc(N3CCN(c4ccc(N5CCO[P@@]5(=O)c5ccc(C[C@H](CCN(C)C)CSc6ccccc6)c([N+](=O)[O-])c5)cc4)CC3)c2)c(-c2ccc(Cl)cc2)n1C(C)C.Cc1c(C(=O)O)c(-c2cccc(N3CCN(c4ccc(N5CCO[P@]5(=O)c5ccc(C[C@H](CCN6CCC(COP(=O)(O)O)CC6)CSc6ccccc6)c(S(=O)(=O)C(F)(F)F)c5)cc4)CC3)c2)c(-c2ccc(Cl)cc2)n1C(C)C. The zero-order valence-electron chi connectivity index (χ0n) is 83.5. The number of hydrogen-bond acceptors (Lipinski definition) is 20. The summed E-state index contributed by atoms with van der Waals surface area (Å²) in [6.45, 7) is 20.0. The number of halogens is 6. The number of carboxylic acid groups (broad SMARTS) is 2. The van der Waals surface area contributed by atoms with Crippen LogP contribution < -0.4 is 39.5 Å². The molecule has 10 aromatic carbocycles. The van der Waals surface area contributed by atoms with Crippen LogP contribution in [0.1, 0.15) is 109 Å². The third-order valence-electron chi connectivity index (χ3n) is 28.1. The second kappa shape index (κ2) is 47.4. The van der Waals surface area contributed by atoms with Crippen LogP contribution in [0.4, 0.5) is 57.4 Å². The molecule has 4 N–H and O–H groups in total. The van der Waals surface area contributed by atoms with Crippen molar-refractivity contribution < 1.29 is 87.8 Å². The highest BCUT2D eigenvalue weighted by Gasteiger charge is 2.50. The molecule has 5 aliphatic heterocycles. The summed E-state index contributed by atoms with van der Waals surface area (Å²) in [5.74, 6) is -1.42. The van der Waals surface area contributed by atoms with Crippen molar-refractivity contribution in [3.8, 4) is 44.8 Å². The maximum atomic E-state index is 15.7. The van der Waals surface area contributed by atoms with Gasteiger partial charge in [0.1, 0.15) is 5.82 Å². The number of rotatable bonds is 37. The van der Waals surface area contributed by atoms with Crippen molar-refractivity contribution in [2.24, 2.45) is 17.8 Å². The highest BCUT2D eigenvalue weighted by atomic mass is 35.5. The molecular formula is C109H122Cl2F4N11O16P3S3. The number of thioether (sulfide) groups is 2. The number of nitro benzene ring substituents is 1. The van der Waals surface area contributed by atoms with Crippen LogP contribution in [0.25, 0.3) is 44.8 Å². The predicted molar refractivity (Wildman–Crippen MR) is 584 cm³/mol. The molecule has 39 heteroatoms. The van der Waals surface area contributed by atoms with E-state index in [0.29, 0.717) is 182 Å². The standard InChI is InChI=1S/C57H65ClF3N5O10P2S2.C52H57ClFN6O6PS/c1-39(2)66-40(3)53(56(67)68)54(55(66)43-12-15-46(58)16-13-43)45-8-7-9-49(35-45)64-30-28-63(29-31-64)47-17-19-48(20-18-47)65-32-33-75-77(65,69)50-21-14-44(52(36-50)80(73,74)57(59,60)61)34-42(38-79-51-10-5-4-6-11-51)24-27-62-25-22-41(23-26-62)37-76-78(70,71)72;1-35(2)59-36(3)49(52(61)62)50(51(59)38-11-14-41(53)15-12-38)40-30-42(54)32-45(31-40)57-25-23-56(24-26-57)43-16-18-44(19-17-43)58-27-28-66-67(58,65)46-20-13-39(48(33-46)60(63)64)29-37(21-22-55(4)5)34-68-47-9-7-6-8-10-47/h4-21,35-36,39,41-42H,22-34,37-38H2,1-3H3,(H,67,68)(H2,70,71,72);6-20,30-33,35,37H,21-29,34H2,1-5H3,(H,61,62)/t42-,77+;37-,67-/m00/s1. The summed E-state index contributed by atoms with van der Waals surface area (Å²) in [5.41, 5.74) is 6.60. The molecule has 148 heavy (non-hydrogen) atoms. The van der Waals surface area contributed by atoms with Crippen LogP contribution in [0.15, 0.2) is 251 Å². The van der Waals surface area contributed by atoms with Crippen molar-refractivity contribution in [2.75, 3.05) is 166 Å². The summed E-state index contributed by atoms with van der Waals surface area (Å²) in [6, 6.07) is 70.7. The van der Waals surface area contributed by atoms with Gasteiger partial charge in [0.25, 0.3) is 15.5 Å². The lowest BCUT2D eigenvalue weighted by atomic mass is 9.95. The van der Waals surface area contributed by atoms with E-state index in [1.54, 1.807) is 71.9 Å². The van der Waals surface area contributed by atoms with E-state index in [1.165, 1.54) is 46.8 Å². The third-order valence-corrected chi connectivity index (χ3v) is 38.2. The first-order valence-corrected chi connectivity index (χ1v) is 58.3. The summed E-state index contributed by atoms with van der Waals surface area (Å²) in [4.78, 5) is 70.6. The van der Waals surface area contributed by atoms with Crippen LogP contribution in [-0.2, 0) is 49.9 Å². The minimum Gasteiger partial charge on any atom is -0.478 e. The maximum Gasteiger partial charge on any atom is 0.501 e. The minimum absolute atomic E-state index is 0.0127. The van der Waals surface area contributed by atoms with E-state index in [4.69, 9.17) is 46.6 Å². The zero-order valence-corrected chi connectivity index (χ0v) is 90.2. The number of carbonyl (C=O) groups is 2. The molecule has 0 unspecified atom stereocenters. The largest absolute Gasteiger partial charge is 0.501 e. The lowest BCUT2D eigenvalue weighted by Crippen LogP contribution is -2.46. The zero-order chi connectivity index (χ0) is 105. The molecule has 0 aliphatic carbocycles. The number of sulfone groups is 1. The fraction of sp³-hybridized carbons (Fsp3) is 0.358. The molecule has 27 nitrogen and oxygen atoms in total. The Hall–Kier alpha value is -10.7. The van der Waals surface area contributed by atoms with E-state index in [2.05, 4.69) is 46.1 Å². The fourth-order valence-electron chi connectivity index (χ4n) is 20.6. The fourth-order valence-corrected chi connectivity index (χ4v) is 29.0. The topological polar surface area (TPSA) is 307 Å². The molecule has 0 saturated carbocycles. The summed E-state index contributed by atoms with van der Waals surface area (Å²) in [5, 5.41) is 35.0. The number of piperazine rings is 2. The number of nitrogens with zero attached hydrogens (tertiary/aromatic N) is 11. The number of hydrogen-bond donors (Lipinski definition) is 4. The van der Waals surface area contributed by atoms with Crippen molar-refractivity contribution >= 4 is 142 Å². The van der Waals surface area contributed by atoms with Crippen LogP contribution in [0.5, 0.6) is 0 Å². The summed E-state index contributed by atoms with van der Waals surface area (Å²) < 4.78 is 152. The second-order valence-electron chi connectivity index (χ2n) is 38.8. The monoisotopic (exact) mass is 2180 g/mol. The molecule has 12 aromatic rings. The number of alkyl halides is 3. The highest BCUT2D eigenvalue weighted by molar-refractivity contribution is 7.99. The van der Waals surface area contributed by atoms with Gasteiger partial charge in [-0.2, -0.15) is 13.2 Å². The Morgan fingerprint density at radius 3 is 1.42 bits per heavy atom. The molecule has 0 amide bonds. The average Bonchev–Trinajstić information content (AvgIpc) is 1.56. The Morgan fingerprint density at radius 2 is 0.966 bits per heavy atom. The quantitative estimate of drug-likeness (QED) is 0.00924. The van der Waals surface area contributed by atoms with Gasteiger partial charge in [-0.05, 0) is 312 Å². The number of carboxylic acids is 2. The Kier molecular flexibility index (Phi) is 35.2. The molecule has 5 aliphatic rings. The van der Waals surface area contributed by atoms with E-state index in [9.17, 15) is 60.6 Å². The van der Waals surface area contributed by atoms with E-state index in [0.717, 1.165) is 74.0 Å². The van der Waals surface area contributed by atoms with Crippen LogP contribution in [0, 0.1) is 47.5 Å². The number of nitro groups is 1. The summed E-state index contributed by atoms with van der Waals surface area (Å²) in [6.07, 6.45) is 3.18. The van der Waals surface area contributed by atoms with Gasteiger partial charge in [-0.15, -0.1) is 23.5 Å². The Bertz CT molecular complexity index is 7020. The molecule has 5 fully saturated rings. The van der Waals surface area contributed by atoms with Crippen molar-refractivity contribution in [2.45, 2.75) is 112 Å². The predicted octanol–water partition coefficient (Wildman–Crippen LogP) is 23.9. The number of aromatic nitrogens is 2. The number of likely N-dealkylation sites (tertiary alicyclic amines) is 1. The van der Waals surface area contributed by atoms with Gasteiger partial charge in [-0.25, -0.2) is 27.0 Å². The van der Waals surface area contributed by atoms with E-state index >= 15 is 8.96 Å². The molecule has 5 saturated heterocycles.